The van der Waals surface area contributed by atoms with Crippen LogP contribution in [0.3, 0.4) is 0 Å². The fraction of sp³-hybridized carbons (Fsp3) is 0.200. The summed E-state index contributed by atoms with van der Waals surface area (Å²) in [5.74, 6) is -2.01. The first-order valence-electron chi connectivity index (χ1n) is 8.56. The fourth-order valence-electron chi connectivity index (χ4n) is 2.20. The number of hydrogen-bond acceptors (Lipinski definition) is 6. The van der Waals surface area contributed by atoms with E-state index in [-0.39, 0.29) is 12.8 Å². The van der Waals surface area contributed by atoms with E-state index in [9.17, 15) is 19.2 Å². The van der Waals surface area contributed by atoms with E-state index in [2.05, 4.69) is 31.3 Å². The summed E-state index contributed by atoms with van der Waals surface area (Å²) in [6.07, 6.45) is -0.274. The Morgan fingerprint density at radius 3 is 1.97 bits per heavy atom. The molecule has 9 heteroatoms. The van der Waals surface area contributed by atoms with Gasteiger partial charge in [0.15, 0.2) is 6.61 Å². The van der Waals surface area contributed by atoms with Crippen molar-refractivity contribution >= 4 is 51.1 Å². The molecule has 0 fully saturated rings. The Morgan fingerprint density at radius 2 is 1.38 bits per heavy atom. The van der Waals surface area contributed by atoms with Crippen LogP contribution in [0.15, 0.2) is 53.0 Å². The van der Waals surface area contributed by atoms with Crippen LogP contribution in [0.4, 0.5) is 11.4 Å². The SMILES string of the molecule is COC(=O)c1ccc(NC(=O)CCC(=O)OCC(=O)Nc2ccc(Br)cc2)cc1. The molecule has 152 valence electrons. The lowest BCUT2D eigenvalue weighted by molar-refractivity contribution is -0.147. The minimum absolute atomic E-state index is 0.105. The average Bonchev–Trinajstić information content (AvgIpc) is 2.72. The molecule has 0 bridgehead atoms. The first-order chi connectivity index (χ1) is 13.9. The summed E-state index contributed by atoms with van der Waals surface area (Å²) in [5.41, 5.74) is 1.41. The minimum Gasteiger partial charge on any atom is -0.465 e. The second-order valence-corrected chi connectivity index (χ2v) is 6.75. The van der Waals surface area contributed by atoms with Crippen LogP contribution in [0.1, 0.15) is 23.2 Å². The average molecular weight is 463 g/mol. The van der Waals surface area contributed by atoms with E-state index < -0.39 is 30.4 Å². The Hall–Kier alpha value is -3.20. The van der Waals surface area contributed by atoms with Crippen LogP contribution in [-0.2, 0) is 23.9 Å². The number of hydrogen-bond donors (Lipinski definition) is 2. The highest BCUT2D eigenvalue weighted by molar-refractivity contribution is 9.10. The Bertz CT molecular complexity index is 881. The lowest BCUT2D eigenvalue weighted by Crippen LogP contribution is -2.21. The second kappa shape index (κ2) is 11.0. The topological polar surface area (TPSA) is 111 Å². The number of rotatable bonds is 8. The van der Waals surface area contributed by atoms with E-state index >= 15 is 0 Å². The molecule has 2 aromatic carbocycles. The van der Waals surface area contributed by atoms with Crippen molar-refractivity contribution in [1.82, 2.24) is 0 Å². The van der Waals surface area contributed by atoms with Crippen molar-refractivity contribution in [3.8, 4) is 0 Å². The Balaban J connectivity index is 1.68. The third kappa shape index (κ3) is 7.74. The second-order valence-electron chi connectivity index (χ2n) is 5.83. The van der Waals surface area contributed by atoms with Gasteiger partial charge >= 0.3 is 11.9 Å². The van der Waals surface area contributed by atoms with Crippen LogP contribution in [-0.4, -0.2) is 37.5 Å². The zero-order valence-corrected chi connectivity index (χ0v) is 17.2. The van der Waals surface area contributed by atoms with Gasteiger partial charge in [-0.25, -0.2) is 4.79 Å². The van der Waals surface area contributed by atoms with Gasteiger partial charge in [-0.15, -0.1) is 0 Å². The standard InChI is InChI=1S/C20H19BrN2O6/c1-28-20(27)13-2-6-15(7-3-13)22-17(24)10-11-19(26)29-12-18(25)23-16-8-4-14(21)5-9-16/h2-9H,10-12H2,1H3,(H,22,24)(H,23,25). The molecular formula is C20H19BrN2O6. The molecule has 2 amide bonds. The summed E-state index contributed by atoms with van der Waals surface area (Å²) < 4.78 is 10.3. The number of methoxy groups -OCH3 is 1. The number of ether oxygens (including phenoxy) is 2. The summed E-state index contributed by atoms with van der Waals surface area (Å²) in [5, 5.41) is 5.19. The molecule has 0 heterocycles. The van der Waals surface area contributed by atoms with Crippen LogP contribution >= 0.6 is 15.9 Å². The maximum Gasteiger partial charge on any atom is 0.337 e. The van der Waals surface area contributed by atoms with Crippen LogP contribution in [0.5, 0.6) is 0 Å². The predicted molar refractivity (Wildman–Crippen MR) is 109 cm³/mol. The largest absolute Gasteiger partial charge is 0.465 e. The number of carbonyl (C=O) groups is 4. The quantitative estimate of drug-likeness (QED) is 0.582. The summed E-state index contributed by atoms with van der Waals surface area (Å²) in [6.45, 7) is -0.439. The highest BCUT2D eigenvalue weighted by atomic mass is 79.9. The van der Waals surface area contributed by atoms with Crippen molar-refractivity contribution in [3.05, 3.63) is 58.6 Å². The number of anilines is 2. The van der Waals surface area contributed by atoms with Gasteiger partial charge in [0.25, 0.3) is 5.91 Å². The Labute approximate surface area is 175 Å². The summed E-state index contributed by atoms with van der Waals surface area (Å²) >= 11 is 3.29. The zero-order chi connectivity index (χ0) is 21.2. The molecule has 0 unspecified atom stereocenters. The van der Waals surface area contributed by atoms with E-state index in [1.54, 1.807) is 36.4 Å². The minimum atomic E-state index is -0.660. The predicted octanol–water partition coefficient (Wildman–Crippen LogP) is 3.14. The first-order valence-corrected chi connectivity index (χ1v) is 9.36. The van der Waals surface area contributed by atoms with Crippen LogP contribution in [0.2, 0.25) is 0 Å². The van der Waals surface area contributed by atoms with Gasteiger partial charge in [-0.1, -0.05) is 15.9 Å². The Kier molecular flexibility index (Phi) is 8.35. The van der Waals surface area contributed by atoms with Crippen molar-refractivity contribution in [1.29, 1.82) is 0 Å². The van der Waals surface area contributed by atoms with Crippen molar-refractivity contribution in [2.75, 3.05) is 24.4 Å². The van der Waals surface area contributed by atoms with E-state index in [4.69, 9.17) is 4.74 Å². The number of benzene rings is 2. The molecule has 0 spiro atoms. The molecule has 0 aliphatic carbocycles. The van der Waals surface area contributed by atoms with Crippen molar-refractivity contribution in [2.24, 2.45) is 0 Å². The molecule has 0 aliphatic rings. The smallest absolute Gasteiger partial charge is 0.337 e. The van der Waals surface area contributed by atoms with Gasteiger partial charge in [0.05, 0.1) is 19.1 Å². The van der Waals surface area contributed by atoms with Gasteiger partial charge in [0.1, 0.15) is 0 Å². The maximum absolute atomic E-state index is 11.9. The summed E-state index contributed by atoms with van der Waals surface area (Å²) in [7, 11) is 1.28. The summed E-state index contributed by atoms with van der Waals surface area (Å²) in [4.78, 5) is 46.7. The molecule has 0 saturated carbocycles. The molecular weight excluding hydrogens is 444 g/mol. The number of amides is 2. The molecule has 0 radical (unpaired) electrons. The van der Waals surface area contributed by atoms with Crippen molar-refractivity contribution in [2.45, 2.75) is 12.8 Å². The molecule has 2 aromatic rings. The molecule has 29 heavy (non-hydrogen) atoms. The Morgan fingerprint density at radius 1 is 0.828 bits per heavy atom. The van der Waals surface area contributed by atoms with Gasteiger partial charge in [0, 0.05) is 22.3 Å². The summed E-state index contributed by atoms with van der Waals surface area (Å²) in [6, 6.07) is 13.1. The first kappa shape index (κ1) is 22.1. The highest BCUT2D eigenvalue weighted by Gasteiger charge is 2.11. The van der Waals surface area contributed by atoms with E-state index in [0.29, 0.717) is 16.9 Å². The van der Waals surface area contributed by atoms with E-state index in [0.717, 1.165) is 4.47 Å². The van der Waals surface area contributed by atoms with E-state index in [1.807, 2.05) is 0 Å². The zero-order valence-electron chi connectivity index (χ0n) is 15.6. The van der Waals surface area contributed by atoms with Crippen molar-refractivity contribution < 1.29 is 28.7 Å². The van der Waals surface area contributed by atoms with Gasteiger partial charge < -0.3 is 20.1 Å². The van der Waals surface area contributed by atoms with Crippen LogP contribution in [0, 0.1) is 0 Å². The van der Waals surface area contributed by atoms with Gasteiger partial charge in [-0.05, 0) is 48.5 Å². The van der Waals surface area contributed by atoms with Crippen LogP contribution in [0.25, 0.3) is 0 Å². The maximum atomic E-state index is 11.9. The molecule has 0 atom stereocenters. The number of esters is 2. The van der Waals surface area contributed by atoms with Gasteiger partial charge in [0.2, 0.25) is 5.91 Å². The molecule has 2 rings (SSSR count). The third-order valence-electron chi connectivity index (χ3n) is 3.64. The van der Waals surface area contributed by atoms with Gasteiger partial charge in [-0.2, -0.15) is 0 Å². The molecule has 0 saturated heterocycles. The molecule has 0 aliphatic heterocycles. The molecule has 8 nitrogen and oxygen atoms in total. The molecule has 0 aromatic heterocycles. The van der Waals surface area contributed by atoms with E-state index in [1.165, 1.54) is 19.2 Å². The number of halogens is 1. The normalized spacial score (nSPS) is 10.0. The molecule has 2 N–H and O–H groups in total. The lowest BCUT2D eigenvalue weighted by atomic mass is 10.2. The highest BCUT2D eigenvalue weighted by Crippen LogP contribution is 2.14. The third-order valence-corrected chi connectivity index (χ3v) is 4.17. The van der Waals surface area contributed by atoms with Crippen LogP contribution < -0.4 is 10.6 Å². The monoisotopic (exact) mass is 462 g/mol. The lowest BCUT2D eigenvalue weighted by Gasteiger charge is -2.08. The number of nitrogens with one attached hydrogen (secondary N) is 2. The van der Waals surface area contributed by atoms with Crippen molar-refractivity contribution in [3.63, 3.8) is 0 Å². The fourth-order valence-corrected chi connectivity index (χ4v) is 2.46. The van der Waals surface area contributed by atoms with Gasteiger partial charge in [-0.3, -0.25) is 14.4 Å². The number of carbonyl (C=O) groups excluding carboxylic acids is 4.